The molecule has 1 heterocycles. The monoisotopic (exact) mass is 464 g/mol. The van der Waals surface area contributed by atoms with Crippen LogP contribution in [0.4, 0.5) is 0 Å². The van der Waals surface area contributed by atoms with E-state index in [0.29, 0.717) is 24.9 Å². The Kier molecular flexibility index (Phi) is 11.3. The number of benzene rings is 1. The molecule has 3 atom stereocenters. The predicted octanol–water partition coefficient (Wildman–Crippen LogP) is 1.19. The minimum Gasteiger partial charge on any atom is -0.508 e. The number of carboxylic acid groups (broad SMARTS) is 1. The summed E-state index contributed by atoms with van der Waals surface area (Å²) in [5.74, 6) is -2.63. The first kappa shape index (κ1) is 27.9. The van der Waals surface area contributed by atoms with Crippen molar-refractivity contribution in [1.82, 2.24) is 21.1 Å². The number of phenolic OH excluding ortho intramolecular Hbond substituents is 1. The van der Waals surface area contributed by atoms with Gasteiger partial charge >= 0.3 is 5.97 Å². The number of nitrogens with one attached hydrogen (secondary N) is 3. The molecule has 10 heteroatoms. The van der Waals surface area contributed by atoms with Crippen LogP contribution in [0.5, 0.6) is 5.75 Å². The largest absolute Gasteiger partial charge is 0.508 e. The number of carbonyl (C=O) groups is 4. The zero-order valence-corrected chi connectivity index (χ0v) is 19.9. The maximum atomic E-state index is 13.2. The highest BCUT2D eigenvalue weighted by atomic mass is 16.4. The quantitative estimate of drug-likeness (QED) is 0.388. The van der Waals surface area contributed by atoms with Crippen LogP contribution < -0.4 is 16.1 Å². The Hall–Kier alpha value is -3.14. The summed E-state index contributed by atoms with van der Waals surface area (Å²) in [5, 5.41) is 25.5. The van der Waals surface area contributed by atoms with Crippen molar-refractivity contribution in [1.29, 1.82) is 0 Å². The van der Waals surface area contributed by atoms with Crippen LogP contribution in [0.2, 0.25) is 0 Å². The molecule has 0 bridgehead atoms. The third-order valence-electron chi connectivity index (χ3n) is 5.02. The average Bonchev–Trinajstić information content (AvgIpc) is 2.77. The summed E-state index contributed by atoms with van der Waals surface area (Å²) in [6, 6.07) is 3.57. The van der Waals surface area contributed by atoms with Crippen molar-refractivity contribution in [2.45, 2.75) is 72.0 Å². The predicted molar refractivity (Wildman–Crippen MR) is 123 cm³/mol. The van der Waals surface area contributed by atoms with Gasteiger partial charge < -0.3 is 20.8 Å². The van der Waals surface area contributed by atoms with Crippen molar-refractivity contribution >= 4 is 23.7 Å². The fraction of sp³-hybridized carbons (Fsp3) is 0.565. The highest BCUT2D eigenvalue weighted by molar-refractivity contribution is 5.92. The molecule has 0 radical (unpaired) electrons. The zero-order chi connectivity index (χ0) is 25.1. The SMILES string of the molecule is CC.CC(=O)NC(C(=O)NC(Cc1cccc(O)c1)C(=O)N1CCCC(C(=O)O)N1)C(C)C. The first-order valence-electron chi connectivity index (χ1n) is 11.2. The molecule has 1 saturated heterocycles. The molecule has 5 N–H and O–H groups in total. The molecule has 2 rings (SSSR count). The Bertz CT molecular complexity index is 829. The van der Waals surface area contributed by atoms with Crippen molar-refractivity contribution in [3.8, 4) is 5.75 Å². The van der Waals surface area contributed by atoms with Crippen molar-refractivity contribution in [3.63, 3.8) is 0 Å². The van der Waals surface area contributed by atoms with Gasteiger partial charge in [0.15, 0.2) is 0 Å². The molecule has 1 aliphatic rings. The first-order valence-corrected chi connectivity index (χ1v) is 11.2. The lowest BCUT2D eigenvalue weighted by Crippen LogP contribution is -2.61. The number of aromatic hydroxyl groups is 1. The lowest BCUT2D eigenvalue weighted by molar-refractivity contribution is -0.148. The fourth-order valence-corrected chi connectivity index (χ4v) is 3.45. The van der Waals surface area contributed by atoms with Crippen molar-refractivity contribution < 1.29 is 29.4 Å². The number of aliphatic carboxylic acids is 1. The van der Waals surface area contributed by atoms with Gasteiger partial charge in [0.2, 0.25) is 11.8 Å². The molecule has 3 unspecified atom stereocenters. The van der Waals surface area contributed by atoms with E-state index in [0.717, 1.165) is 0 Å². The minimum absolute atomic E-state index is 0.0235. The van der Waals surface area contributed by atoms with E-state index in [1.165, 1.54) is 24.1 Å². The molecule has 0 aliphatic carbocycles. The van der Waals surface area contributed by atoms with Gasteiger partial charge in [0.25, 0.3) is 5.91 Å². The lowest BCUT2D eigenvalue weighted by Gasteiger charge is -2.35. The molecule has 10 nitrogen and oxygen atoms in total. The van der Waals surface area contributed by atoms with Gasteiger partial charge in [-0.1, -0.05) is 39.8 Å². The van der Waals surface area contributed by atoms with Crippen LogP contribution in [0.1, 0.15) is 53.0 Å². The molecule has 184 valence electrons. The van der Waals surface area contributed by atoms with E-state index in [1.54, 1.807) is 26.0 Å². The van der Waals surface area contributed by atoms with Gasteiger partial charge in [-0.2, -0.15) is 0 Å². The van der Waals surface area contributed by atoms with Gasteiger partial charge in [0, 0.05) is 19.9 Å². The molecule has 3 amide bonds. The third kappa shape index (κ3) is 8.72. The van der Waals surface area contributed by atoms with Crippen LogP contribution in [0.3, 0.4) is 0 Å². The van der Waals surface area contributed by atoms with E-state index < -0.39 is 35.9 Å². The van der Waals surface area contributed by atoms with Crippen LogP contribution >= 0.6 is 0 Å². The summed E-state index contributed by atoms with van der Waals surface area (Å²) in [6.07, 6.45) is 0.976. The molecule has 0 aromatic heterocycles. The molecular weight excluding hydrogens is 428 g/mol. The second-order valence-electron chi connectivity index (χ2n) is 8.01. The Morgan fingerprint density at radius 2 is 1.85 bits per heavy atom. The van der Waals surface area contributed by atoms with Crippen LogP contribution in [-0.4, -0.2) is 63.6 Å². The highest BCUT2D eigenvalue weighted by Crippen LogP contribution is 2.15. The smallest absolute Gasteiger partial charge is 0.322 e. The molecule has 1 aliphatic heterocycles. The number of amides is 3. The Balaban J connectivity index is 0.00000265. The normalized spacial score (nSPS) is 17.3. The maximum Gasteiger partial charge on any atom is 0.322 e. The average molecular weight is 465 g/mol. The number of nitrogens with zero attached hydrogens (tertiary/aromatic N) is 1. The van der Waals surface area contributed by atoms with Crippen LogP contribution in [0, 0.1) is 5.92 Å². The van der Waals surface area contributed by atoms with Crippen molar-refractivity contribution in [3.05, 3.63) is 29.8 Å². The summed E-state index contributed by atoms with van der Waals surface area (Å²) >= 11 is 0. The van der Waals surface area contributed by atoms with Gasteiger partial charge in [-0.25, -0.2) is 5.43 Å². The zero-order valence-electron chi connectivity index (χ0n) is 19.9. The number of carboxylic acids is 1. The highest BCUT2D eigenvalue weighted by Gasteiger charge is 2.34. The van der Waals surface area contributed by atoms with E-state index in [1.807, 2.05) is 13.8 Å². The van der Waals surface area contributed by atoms with Gasteiger partial charge in [-0.05, 0) is 36.5 Å². The van der Waals surface area contributed by atoms with Gasteiger partial charge in [0.1, 0.15) is 23.9 Å². The molecule has 0 spiro atoms. The number of hydrazine groups is 1. The second-order valence-corrected chi connectivity index (χ2v) is 8.01. The van der Waals surface area contributed by atoms with E-state index >= 15 is 0 Å². The number of phenols is 1. The summed E-state index contributed by atoms with van der Waals surface area (Å²) in [5.41, 5.74) is 3.32. The van der Waals surface area contributed by atoms with E-state index in [2.05, 4.69) is 16.1 Å². The summed E-state index contributed by atoms with van der Waals surface area (Å²) in [6.45, 7) is 9.15. The Morgan fingerprint density at radius 3 is 2.39 bits per heavy atom. The second kappa shape index (κ2) is 13.4. The Labute approximate surface area is 194 Å². The van der Waals surface area contributed by atoms with Crippen LogP contribution in [-0.2, 0) is 25.6 Å². The summed E-state index contributed by atoms with van der Waals surface area (Å²) < 4.78 is 0. The van der Waals surface area contributed by atoms with E-state index in [4.69, 9.17) is 0 Å². The lowest BCUT2D eigenvalue weighted by atomic mass is 10.0. The topological polar surface area (TPSA) is 148 Å². The van der Waals surface area contributed by atoms with Gasteiger partial charge in [-0.3, -0.25) is 24.2 Å². The van der Waals surface area contributed by atoms with E-state index in [-0.39, 0.29) is 24.0 Å². The Morgan fingerprint density at radius 1 is 1.18 bits per heavy atom. The maximum absolute atomic E-state index is 13.2. The van der Waals surface area contributed by atoms with Crippen LogP contribution in [0.25, 0.3) is 0 Å². The summed E-state index contributed by atoms with van der Waals surface area (Å²) in [7, 11) is 0. The van der Waals surface area contributed by atoms with Crippen molar-refractivity contribution in [2.24, 2.45) is 5.92 Å². The fourth-order valence-electron chi connectivity index (χ4n) is 3.45. The molecule has 1 aromatic rings. The molecule has 1 fully saturated rings. The van der Waals surface area contributed by atoms with E-state index in [9.17, 15) is 29.4 Å². The van der Waals surface area contributed by atoms with Crippen LogP contribution in [0.15, 0.2) is 24.3 Å². The number of hydrogen-bond donors (Lipinski definition) is 5. The number of carbonyl (C=O) groups excluding carboxylic acids is 3. The van der Waals surface area contributed by atoms with Crippen molar-refractivity contribution in [2.75, 3.05) is 6.54 Å². The minimum atomic E-state index is -1.06. The standard InChI is InChI=1S/C21H30N4O6.C2H6/c1-12(2)18(22-13(3)26)19(28)23-17(11-14-6-4-7-15(27)10-14)20(29)25-9-5-8-16(24-25)21(30)31;1-2/h4,6-7,10,12,16-18,24,27H,5,8-9,11H2,1-3H3,(H,22,26)(H,23,28)(H,30,31);1-2H3. The number of hydrogen-bond acceptors (Lipinski definition) is 6. The van der Waals surface area contributed by atoms with Gasteiger partial charge in [0.05, 0.1) is 0 Å². The first-order chi connectivity index (χ1) is 15.6. The molecular formula is C23H36N4O6. The molecule has 33 heavy (non-hydrogen) atoms. The van der Waals surface area contributed by atoms with Gasteiger partial charge in [-0.15, -0.1) is 0 Å². The third-order valence-corrected chi connectivity index (χ3v) is 5.02. The molecule has 1 aromatic carbocycles. The molecule has 0 saturated carbocycles. The number of rotatable bonds is 8. The summed E-state index contributed by atoms with van der Waals surface area (Å²) in [4.78, 5) is 48.9.